The number of aliphatic hydroxyl groups is 2. The van der Waals surface area contributed by atoms with E-state index < -0.39 is 12.1 Å². The van der Waals surface area contributed by atoms with Gasteiger partial charge in [-0.3, -0.25) is 9.59 Å². The first-order chi connectivity index (χ1) is 32.5. The number of carbonyl (C=O) groups excluding carboxylic acids is 2. The Bertz CT molecular complexity index is 986. The van der Waals surface area contributed by atoms with Crippen LogP contribution in [0.5, 0.6) is 0 Å². The highest BCUT2D eigenvalue weighted by Crippen LogP contribution is 2.18. The molecule has 0 spiro atoms. The quantitative estimate of drug-likeness (QED) is 0.0321. The summed E-state index contributed by atoms with van der Waals surface area (Å²) in [5, 5.41) is 23.4. The minimum Gasteiger partial charge on any atom is -0.466 e. The predicted molar refractivity (Wildman–Crippen MR) is 287 cm³/mol. The molecule has 392 valence electrons. The number of aliphatic hydroxyl groups excluding tert-OH is 2. The lowest BCUT2D eigenvalue weighted by molar-refractivity contribution is -0.143. The molecule has 2 unspecified atom stereocenters. The Hall–Kier alpha value is -1.40. The number of hydrogen-bond donors (Lipinski definition) is 3. The van der Waals surface area contributed by atoms with E-state index in [1.165, 1.54) is 244 Å². The number of unbranched alkanes of at least 4 members (excludes halogenated alkanes) is 43. The molecule has 0 radical (unpaired) electrons. The third-order valence-electron chi connectivity index (χ3n) is 14.1. The molecule has 66 heavy (non-hydrogen) atoms. The largest absolute Gasteiger partial charge is 0.466 e. The molecule has 0 aliphatic rings. The number of amides is 1. The first-order valence-corrected chi connectivity index (χ1v) is 29.9. The van der Waals surface area contributed by atoms with Gasteiger partial charge in [-0.05, 0) is 51.4 Å². The van der Waals surface area contributed by atoms with Crippen LogP contribution >= 0.6 is 0 Å². The fourth-order valence-corrected chi connectivity index (χ4v) is 9.46. The summed E-state index contributed by atoms with van der Waals surface area (Å²) in [6.07, 6.45) is 66.3. The van der Waals surface area contributed by atoms with Crippen molar-refractivity contribution in [2.24, 2.45) is 0 Å². The third-order valence-corrected chi connectivity index (χ3v) is 14.1. The highest BCUT2D eigenvalue weighted by atomic mass is 16.5. The van der Waals surface area contributed by atoms with E-state index in [4.69, 9.17) is 4.74 Å². The van der Waals surface area contributed by atoms with E-state index in [0.717, 1.165) is 57.8 Å². The summed E-state index contributed by atoms with van der Waals surface area (Å²) in [5.74, 6) is -0.0636. The minimum atomic E-state index is -0.675. The van der Waals surface area contributed by atoms with Gasteiger partial charge in [-0.1, -0.05) is 283 Å². The number of ether oxygens (including phenoxy) is 1. The maximum atomic E-state index is 12.5. The van der Waals surface area contributed by atoms with Crippen molar-refractivity contribution in [3.63, 3.8) is 0 Å². The molecule has 0 saturated carbocycles. The van der Waals surface area contributed by atoms with Crippen molar-refractivity contribution in [1.82, 2.24) is 5.32 Å². The summed E-state index contributed by atoms with van der Waals surface area (Å²) < 4.78 is 5.46. The van der Waals surface area contributed by atoms with Gasteiger partial charge in [0.05, 0.1) is 25.4 Å². The molecular formula is C60H117NO5. The number of hydrogen-bond acceptors (Lipinski definition) is 5. The van der Waals surface area contributed by atoms with Crippen LogP contribution in [0.2, 0.25) is 0 Å². The summed E-state index contributed by atoms with van der Waals surface area (Å²) >= 11 is 0. The van der Waals surface area contributed by atoms with Crippen LogP contribution in [-0.2, 0) is 14.3 Å². The second kappa shape index (κ2) is 56.2. The Labute approximate surface area is 412 Å². The van der Waals surface area contributed by atoms with Crippen molar-refractivity contribution in [3.8, 4) is 0 Å². The first kappa shape index (κ1) is 64.6. The molecule has 6 nitrogen and oxygen atoms in total. The third kappa shape index (κ3) is 52.0. The topological polar surface area (TPSA) is 95.9 Å². The molecule has 0 fully saturated rings. The average molecular weight is 933 g/mol. The Balaban J connectivity index is 3.45. The van der Waals surface area contributed by atoms with Gasteiger partial charge in [-0.25, -0.2) is 0 Å². The number of rotatable bonds is 56. The van der Waals surface area contributed by atoms with E-state index in [1.807, 2.05) is 0 Å². The zero-order valence-electron chi connectivity index (χ0n) is 44.7. The molecule has 2 atom stereocenters. The number of carbonyl (C=O) groups is 2. The molecular weight excluding hydrogens is 815 g/mol. The van der Waals surface area contributed by atoms with E-state index >= 15 is 0 Å². The van der Waals surface area contributed by atoms with Gasteiger partial charge in [0.15, 0.2) is 0 Å². The number of esters is 1. The molecule has 0 aromatic carbocycles. The molecule has 0 aromatic heterocycles. The minimum absolute atomic E-state index is 0.0165. The van der Waals surface area contributed by atoms with Crippen molar-refractivity contribution < 1.29 is 24.5 Å². The van der Waals surface area contributed by atoms with Crippen LogP contribution in [0.15, 0.2) is 12.2 Å². The average Bonchev–Trinajstić information content (AvgIpc) is 3.32. The van der Waals surface area contributed by atoms with Gasteiger partial charge in [0.1, 0.15) is 0 Å². The van der Waals surface area contributed by atoms with E-state index in [0.29, 0.717) is 25.9 Å². The van der Waals surface area contributed by atoms with Crippen molar-refractivity contribution in [2.45, 2.75) is 347 Å². The first-order valence-electron chi connectivity index (χ1n) is 29.9. The molecule has 0 bridgehead atoms. The molecule has 3 N–H and O–H groups in total. The fourth-order valence-electron chi connectivity index (χ4n) is 9.46. The maximum absolute atomic E-state index is 12.5. The zero-order valence-corrected chi connectivity index (χ0v) is 44.7. The van der Waals surface area contributed by atoms with Gasteiger partial charge < -0.3 is 20.3 Å². The van der Waals surface area contributed by atoms with E-state index in [9.17, 15) is 19.8 Å². The summed E-state index contributed by atoms with van der Waals surface area (Å²) in [5.41, 5.74) is 0. The van der Waals surface area contributed by atoms with Crippen LogP contribution in [0, 0.1) is 0 Å². The van der Waals surface area contributed by atoms with Crippen LogP contribution in [0.4, 0.5) is 0 Å². The molecule has 0 aliphatic carbocycles. The molecule has 0 aliphatic heterocycles. The predicted octanol–water partition coefficient (Wildman–Crippen LogP) is 18.5. The Morgan fingerprint density at radius 2 is 0.712 bits per heavy atom. The summed E-state index contributed by atoms with van der Waals surface area (Å²) in [6.45, 7) is 4.93. The fraction of sp³-hybridized carbons (Fsp3) is 0.933. The van der Waals surface area contributed by atoms with Gasteiger partial charge in [0, 0.05) is 12.8 Å². The number of allylic oxidation sites excluding steroid dienone is 2. The lowest BCUT2D eigenvalue weighted by Crippen LogP contribution is -2.45. The van der Waals surface area contributed by atoms with Gasteiger partial charge in [0.2, 0.25) is 5.91 Å². The SMILES string of the molecule is CCCCCCC/C=C\CCCCCCCC(=O)OCCCCCCCCCCCCCCC(=O)NC(CO)C(O)CCCCCCCCCCCCCCCCCCCCCCCCC. The zero-order chi connectivity index (χ0) is 47.9. The summed E-state index contributed by atoms with van der Waals surface area (Å²) in [6, 6.07) is -0.554. The second-order valence-corrected chi connectivity index (χ2v) is 20.7. The van der Waals surface area contributed by atoms with E-state index in [-0.39, 0.29) is 18.5 Å². The molecule has 1 amide bonds. The smallest absolute Gasteiger partial charge is 0.305 e. The van der Waals surface area contributed by atoms with Gasteiger partial charge >= 0.3 is 5.97 Å². The Morgan fingerprint density at radius 1 is 0.409 bits per heavy atom. The van der Waals surface area contributed by atoms with Gasteiger partial charge in [-0.15, -0.1) is 0 Å². The normalized spacial score (nSPS) is 12.6. The van der Waals surface area contributed by atoms with Gasteiger partial charge in [0.25, 0.3) is 0 Å². The van der Waals surface area contributed by atoms with Crippen molar-refractivity contribution in [1.29, 1.82) is 0 Å². The summed E-state index contributed by atoms with van der Waals surface area (Å²) in [7, 11) is 0. The van der Waals surface area contributed by atoms with Gasteiger partial charge in [-0.2, -0.15) is 0 Å². The second-order valence-electron chi connectivity index (χ2n) is 20.7. The molecule has 0 saturated heterocycles. The maximum Gasteiger partial charge on any atom is 0.305 e. The summed E-state index contributed by atoms with van der Waals surface area (Å²) in [4.78, 5) is 24.6. The van der Waals surface area contributed by atoms with Crippen LogP contribution < -0.4 is 5.32 Å². The van der Waals surface area contributed by atoms with Crippen LogP contribution in [0.25, 0.3) is 0 Å². The van der Waals surface area contributed by atoms with Crippen LogP contribution in [0.1, 0.15) is 335 Å². The molecule has 0 heterocycles. The standard InChI is InChI=1S/C60H117NO5/c1-3-5-7-9-11-13-15-17-19-20-21-22-23-24-25-26-27-28-32-36-40-44-48-52-58(63)57(56-62)61-59(64)53-49-45-41-37-33-30-31-35-39-43-47-51-55-66-60(65)54-50-46-42-38-34-29-18-16-14-12-10-8-6-4-2/h16,18,57-58,62-63H,3-15,17,19-56H2,1-2H3,(H,61,64)/b18-16-. The lowest BCUT2D eigenvalue weighted by atomic mass is 10.0. The van der Waals surface area contributed by atoms with E-state index in [1.54, 1.807) is 0 Å². The molecule has 0 rings (SSSR count). The van der Waals surface area contributed by atoms with Crippen LogP contribution in [-0.4, -0.2) is 47.4 Å². The van der Waals surface area contributed by atoms with Crippen molar-refractivity contribution >= 4 is 11.9 Å². The lowest BCUT2D eigenvalue weighted by Gasteiger charge is -2.22. The van der Waals surface area contributed by atoms with Crippen LogP contribution in [0.3, 0.4) is 0 Å². The van der Waals surface area contributed by atoms with E-state index in [2.05, 4.69) is 31.3 Å². The highest BCUT2D eigenvalue weighted by molar-refractivity contribution is 5.76. The van der Waals surface area contributed by atoms with Crippen molar-refractivity contribution in [2.75, 3.05) is 13.2 Å². The highest BCUT2D eigenvalue weighted by Gasteiger charge is 2.20. The monoisotopic (exact) mass is 932 g/mol. The van der Waals surface area contributed by atoms with Crippen molar-refractivity contribution in [3.05, 3.63) is 12.2 Å². The molecule has 0 aromatic rings. The Kier molecular flexibility index (Phi) is 55.0. The molecule has 6 heteroatoms. The number of nitrogens with one attached hydrogen (secondary N) is 1. The Morgan fingerprint density at radius 3 is 1.08 bits per heavy atom.